The molecule has 0 N–H and O–H groups in total. The molecule has 1 aliphatic carbocycles. The van der Waals surface area contributed by atoms with Crippen LogP contribution in [0.25, 0.3) is 0 Å². The van der Waals surface area contributed by atoms with Crippen molar-refractivity contribution in [3.05, 3.63) is 46.1 Å². The summed E-state index contributed by atoms with van der Waals surface area (Å²) in [7, 11) is 0. The van der Waals surface area contributed by atoms with Crippen molar-refractivity contribution in [3.63, 3.8) is 0 Å². The van der Waals surface area contributed by atoms with E-state index < -0.39 is 0 Å². The van der Waals surface area contributed by atoms with Crippen LogP contribution in [0.3, 0.4) is 0 Å². The summed E-state index contributed by atoms with van der Waals surface area (Å²) in [6.45, 7) is 2.63. The van der Waals surface area contributed by atoms with Crippen LogP contribution in [0.15, 0.2) is 40.5 Å². The van der Waals surface area contributed by atoms with Crippen molar-refractivity contribution in [1.82, 2.24) is 4.98 Å². The molecule has 1 heterocycles. The van der Waals surface area contributed by atoms with Crippen molar-refractivity contribution in [2.45, 2.75) is 19.8 Å². The fourth-order valence-corrected chi connectivity index (χ4v) is 1.74. The molecule has 1 aliphatic rings. The summed E-state index contributed by atoms with van der Waals surface area (Å²) in [5, 5.41) is 0. The molecule has 1 aromatic heterocycles. The van der Waals surface area contributed by atoms with Gasteiger partial charge in [-0.25, -0.2) is 4.98 Å². The second kappa shape index (κ2) is 5.30. The van der Waals surface area contributed by atoms with E-state index in [9.17, 15) is 0 Å². The Kier molecular flexibility index (Phi) is 3.78. The molecule has 16 heavy (non-hydrogen) atoms. The molecule has 0 saturated heterocycles. The van der Waals surface area contributed by atoms with Crippen molar-refractivity contribution in [1.29, 1.82) is 0 Å². The van der Waals surface area contributed by atoms with Gasteiger partial charge in [0.25, 0.3) is 0 Å². The van der Waals surface area contributed by atoms with Crippen molar-refractivity contribution in [2.24, 2.45) is 0 Å². The lowest BCUT2D eigenvalue weighted by molar-refractivity contribution is 0.340. The Morgan fingerprint density at radius 1 is 1.44 bits per heavy atom. The largest absolute Gasteiger partial charge is 0.473 e. The predicted octanol–water partition coefficient (Wildman–Crippen LogP) is 3.81. The quantitative estimate of drug-likeness (QED) is 0.840. The molecule has 0 spiro atoms. The smallest absolute Gasteiger partial charge is 0.213 e. The minimum absolute atomic E-state index is 0.602. The van der Waals surface area contributed by atoms with Crippen LogP contribution >= 0.6 is 15.9 Å². The van der Waals surface area contributed by atoms with E-state index in [0.717, 1.165) is 22.9 Å². The van der Waals surface area contributed by atoms with Crippen LogP contribution in [0.5, 0.6) is 5.88 Å². The van der Waals surface area contributed by atoms with Crippen molar-refractivity contribution < 1.29 is 4.74 Å². The number of pyridine rings is 1. The zero-order valence-electron chi connectivity index (χ0n) is 9.24. The minimum Gasteiger partial charge on any atom is -0.473 e. The number of aromatic nitrogens is 1. The molecule has 0 aromatic carbocycles. The lowest BCUT2D eigenvalue weighted by atomic mass is 10.1. The molecule has 2 nitrogen and oxygen atoms in total. The van der Waals surface area contributed by atoms with Gasteiger partial charge in [-0.05, 0) is 46.8 Å². The normalized spacial score (nSPS) is 14.8. The third-order valence-corrected chi connectivity index (χ3v) is 3.31. The summed E-state index contributed by atoms with van der Waals surface area (Å²) in [6.07, 6.45) is 10.5. The molecule has 1 aromatic rings. The summed E-state index contributed by atoms with van der Waals surface area (Å²) in [5.41, 5.74) is 2.37. The Labute approximate surface area is 104 Å². The second-order valence-electron chi connectivity index (χ2n) is 3.82. The summed E-state index contributed by atoms with van der Waals surface area (Å²) < 4.78 is 6.64. The van der Waals surface area contributed by atoms with Crippen LogP contribution in [0, 0.1) is 6.92 Å². The Morgan fingerprint density at radius 3 is 3.00 bits per heavy atom. The molecular weight excluding hydrogens is 266 g/mol. The van der Waals surface area contributed by atoms with Crippen LogP contribution in [-0.2, 0) is 0 Å². The molecule has 0 bridgehead atoms. The summed E-state index contributed by atoms with van der Waals surface area (Å²) in [5.74, 6) is 0.681. The molecular formula is C13H14BrNO. The van der Waals surface area contributed by atoms with E-state index in [2.05, 4.69) is 39.1 Å². The van der Waals surface area contributed by atoms with Gasteiger partial charge in [0.05, 0.1) is 0 Å². The van der Waals surface area contributed by atoms with Gasteiger partial charge in [-0.3, -0.25) is 0 Å². The first kappa shape index (κ1) is 11.4. The van der Waals surface area contributed by atoms with Gasteiger partial charge in [-0.2, -0.15) is 0 Å². The Hall–Kier alpha value is -1.09. The number of ether oxygens (including phenoxy) is 1. The second-order valence-corrected chi connectivity index (χ2v) is 4.67. The lowest BCUT2D eigenvalue weighted by Gasteiger charge is -2.09. The maximum absolute atomic E-state index is 5.63. The molecule has 0 unspecified atom stereocenters. The number of halogens is 1. The van der Waals surface area contributed by atoms with Gasteiger partial charge in [0, 0.05) is 16.7 Å². The molecule has 2 rings (SSSR count). The fourth-order valence-electron chi connectivity index (χ4n) is 1.52. The highest BCUT2D eigenvalue weighted by Gasteiger charge is 2.02. The van der Waals surface area contributed by atoms with Gasteiger partial charge in [0.1, 0.15) is 6.61 Å². The van der Waals surface area contributed by atoms with Crippen molar-refractivity contribution >= 4 is 15.9 Å². The number of aryl methyl sites for hydroxylation is 1. The van der Waals surface area contributed by atoms with E-state index in [1.807, 2.05) is 13.0 Å². The highest BCUT2D eigenvalue weighted by Crippen LogP contribution is 2.19. The van der Waals surface area contributed by atoms with Crippen LogP contribution in [0.4, 0.5) is 0 Å². The Balaban J connectivity index is 1.96. The Bertz CT molecular complexity index is 438. The molecule has 0 atom stereocenters. The highest BCUT2D eigenvalue weighted by molar-refractivity contribution is 9.10. The van der Waals surface area contributed by atoms with E-state index >= 15 is 0 Å². The van der Waals surface area contributed by atoms with E-state index in [1.54, 1.807) is 6.20 Å². The van der Waals surface area contributed by atoms with Gasteiger partial charge < -0.3 is 4.74 Å². The monoisotopic (exact) mass is 279 g/mol. The number of hydrogen-bond donors (Lipinski definition) is 0. The van der Waals surface area contributed by atoms with Crippen LogP contribution in [0.1, 0.15) is 18.4 Å². The van der Waals surface area contributed by atoms with Gasteiger partial charge in [-0.15, -0.1) is 0 Å². The topological polar surface area (TPSA) is 22.1 Å². The SMILES string of the molecule is Cc1cc(OCC2=CCCC=C2)ncc1Br. The van der Waals surface area contributed by atoms with E-state index in [0.29, 0.717) is 12.5 Å². The highest BCUT2D eigenvalue weighted by atomic mass is 79.9. The van der Waals surface area contributed by atoms with E-state index in [1.165, 1.54) is 5.57 Å². The first-order chi connectivity index (χ1) is 7.75. The molecule has 0 saturated carbocycles. The maximum atomic E-state index is 5.63. The zero-order valence-corrected chi connectivity index (χ0v) is 10.8. The standard InChI is InChI=1S/C13H14BrNO/c1-10-7-13(15-8-12(10)14)16-9-11-5-3-2-4-6-11/h3,5-8H,2,4,9H2,1H3. The van der Waals surface area contributed by atoms with Crippen LogP contribution < -0.4 is 4.74 Å². The van der Waals surface area contributed by atoms with Gasteiger partial charge >= 0.3 is 0 Å². The fraction of sp³-hybridized carbons (Fsp3) is 0.308. The van der Waals surface area contributed by atoms with Gasteiger partial charge in [-0.1, -0.05) is 18.2 Å². The Morgan fingerprint density at radius 2 is 2.31 bits per heavy atom. The first-order valence-electron chi connectivity index (χ1n) is 5.36. The van der Waals surface area contributed by atoms with Crippen LogP contribution in [-0.4, -0.2) is 11.6 Å². The number of hydrogen-bond acceptors (Lipinski definition) is 2. The molecule has 3 heteroatoms. The summed E-state index contributed by atoms with van der Waals surface area (Å²) >= 11 is 3.42. The number of rotatable bonds is 3. The molecule has 0 aliphatic heterocycles. The van der Waals surface area contributed by atoms with E-state index in [-0.39, 0.29) is 0 Å². The van der Waals surface area contributed by atoms with Crippen LogP contribution in [0.2, 0.25) is 0 Å². The number of nitrogens with zero attached hydrogens (tertiary/aromatic N) is 1. The first-order valence-corrected chi connectivity index (χ1v) is 6.15. The molecule has 0 amide bonds. The molecule has 0 fully saturated rings. The lowest BCUT2D eigenvalue weighted by Crippen LogP contribution is -2.02. The average Bonchev–Trinajstić information content (AvgIpc) is 2.32. The predicted molar refractivity (Wildman–Crippen MR) is 68.6 cm³/mol. The van der Waals surface area contributed by atoms with Gasteiger partial charge in [0.15, 0.2) is 0 Å². The molecule has 84 valence electrons. The van der Waals surface area contributed by atoms with E-state index in [4.69, 9.17) is 4.74 Å². The minimum atomic E-state index is 0.602. The summed E-state index contributed by atoms with van der Waals surface area (Å²) in [4.78, 5) is 4.20. The molecule has 0 radical (unpaired) electrons. The maximum Gasteiger partial charge on any atom is 0.213 e. The average molecular weight is 280 g/mol. The third-order valence-electron chi connectivity index (χ3n) is 2.48. The van der Waals surface area contributed by atoms with Crippen molar-refractivity contribution in [2.75, 3.05) is 6.61 Å². The third kappa shape index (κ3) is 2.95. The number of allylic oxidation sites excluding steroid dienone is 2. The summed E-state index contributed by atoms with van der Waals surface area (Å²) in [6, 6.07) is 1.94. The van der Waals surface area contributed by atoms with Crippen molar-refractivity contribution in [3.8, 4) is 5.88 Å². The van der Waals surface area contributed by atoms with Gasteiger partial charge in [0.2, 0.25) is 5.88 Å². The zero-order chi connectivity index (χ0) is 11.4.